The summed E-state index contributed by atoms with van der Waals surface area (Å²) in [6.45, 7) is 0.0294. The van der Waals surface area contributed by atoms with Gasteiger partial charge in [0.15, 0.2) is 0 Å². The molecule has 0 bridgehead atoms. The topological polar surface area (TPSA) is 123 Å². The van der Waals surface area contributed by atoms with Crippen LogP contribution in [0.3, 0.4) is 0 Å². The van der Waals surface area contributed by atoms with Gasteiger partial charge in [0.25, 0.3) is 11.8 Å². The molecule has 2 amide bonds. The van der Waals surface area contributed by atoms with Crippen LogP contribution in [0.1, 0.15) is 65.0 Å². The number of hydrogen-bond donors (Lipinski definition) is 2. The second kappa shape index (κ2) is 12.1. The van der Waals surface area contributed by atoms with Gasteiger partial charge < -0.3 is 9.47 Å². The molecule has 1 aromatic heterocycles. The molecule has 10 nitrogen and oxygen atoms in total. The first-order chi connectivity index (χ1) is 19.5. The number of aryl methyl sites for hydroxylation is 1. The van der Waals surface area contributed by atoms with E-state index in [-0.39, 0.29) is 17.5 Å². The minimum Gasteiger partial charge on any atom is -0.336 e. The highest BCUT2D eigenvalue weighted by Gasteiger charge is 2.49. The first-order valence-corrected chi connectivity index (χ1v) is 15.9. The van der Waals surface area contributed by atoms with Crippen molar-refractivity contribution in [1.82, 2.24) is 24.7 Å². The molecule has 2 aromatic carbocycles. The molecule has 2 N–H and O–H groups in total. The number of amides is 2. The Morgan fingerprint density at radius 1 is 1.12 bits per heavy atom. The number of fused-ring (bicyclic) bond motifs is 1. The van der Waals surface area contributed by atoms with Gasteiger partial charge in [-0.1, -0.05) is 60.3 Å². The zero-order valence-electron chi connectivity index (χ0n) is 22.6. The number of benzene rings is 2. The predicted molar refractivity (Wildman–Crippen MR) is 155 cm³/mol. The maximum atomic E-state index is 14.3. The number of nitrogens with zero attached hydrogens (tertiary/aromatic N) is 3. The van der Waals surface area contributed by atoms with Gasteiger partial charge in [0, 0.05) is 47.1 Å². The molecule has 3 aromatic rings. The molecule has 13 heteroatoms. The van der Waals surface area contributed by atoms with Crippen LogP contribution < -0.4 is 10.2 Å². The molecular weight excluding hydrogens is 589 g/mol. The molecule has 2 heterocycles. The average molecular weight is 621 g/mol. The van der Waals surface area contributed by atoms with Gasteiger partial charge in [-0.25, -0.2) is 23.6 Å². The lowest BCUT2D eigenvalue weighted by Gasteiger charge is -2.49. The van der Waals surface area contributed by atoms with Gasteiger partial charge in [-0.05, 0) is 42.2 Å². The molecule has 1 fully saturated rings. The average Bonchev–Trinajstić information content (AvgIpc) is 3.33. The number of hydroxylamine groups is 1. The Morgan fingerprint density at radius 3 is 2.59 bits per heavy atom. The van der Waals surface area contributed by atoms with Crippen molar-refractivity contribution >= 4 is 45.0 Å². The van der Waals surface area contributed by atoms with Gasteiger partial charge in [0.2, 0.25) is 10.0 Å². The van der Waals surface area contributed by atoms with E-state index in [0.29, 0.717) is 40.4 Å². The highest BCUT2D eigenvalue weighted by atomic mass is 35.5. The fourth-order valence-corrected chi connectivity index (χ4v) is 7.24. The van der Waals surface area contributed by atoms with Crippen LogP contribution in [0.25, 0.3) is 0 Å². The molecule has 2 aliphatic rings. The van der Waals surface area contributed by atoms with Crippen molar-refractivity contribution in [2.24, 2.45) is 7.05 Å². The van der Waals surface area contributed by atoms with Gasteiger partial charge >= 0.3 is 0 Å². The highest BCUT2D eigenvalue weighted by molar-refractivity contribution is 7.88. The first-order valence-electron chi connectivity index (χ1n) is 13.3. The van der Waals surface area contributed by atoms with Gasteiger partial charge in [0.1, 0.15) is 12.4 Å². The van der Waals surface area contributed by atoms with Crippen molar-refractivity contribution in [1.29, 1.82) is 0 Å². The lowest BCUT2D eigenvalue weighted by molar-refractivity contribution is -0.138. The molecule has 0 saturated heterocycles. The summed E-state index contributed by atoms with van der Waals surface area (Å²) in [6, 6.07) is 9.94. The van der Waals surface area contributed by atoms with Crippen molar-refractivity contribution in [3.8, 4) is 0 Å². The fourth-order valence-electron chi connectivity index (χ4n) is 5.90. The van der Waals surface area contributed by atoms with E-state index in [1.807, 2.05) is 7.05 Å². The standard InChI is InChI=1S/C28H31Cl2N5O5S/c1-34-14-13-31-24(34)16-40-32-27(36)25-18-7-3-4-8-19(18)28(37)35(26(25)20-12-11-17(29)15-21(20)30)23-10-6-5-9-22(23)33-41(2,38)39/h3-4,7-8,11-15,22-23,25-26,33H,5-6,9-10,16H2,1-2H3,(H,32,36)/t22-,23?,25+,26-/m0/s1. The van der Waals surface area contributed by atoms with E-state index in [1.54, 1.807) is 64.3 Å². The van der Waals surface area contributed by atoms with Crippen LogP contribution in [0.5, 0.6) is 0 Å². The summed E-state index contributed by atoms with van der Waals surface area (Å²) in [5.74, 6) is -1.10. The zero-order valence-corrected chi connectivity index (χ0v) is 24.9. The van der Waals surface area contributed by atoms with Crippen molar-refractivity contribution in [3.63, 3.8) is 0 Å². The molecule has 1 saturated carbocycles. The Kier molecular flexibility index (Phi) is 8.72. The summed E-state index contributed by atoms with van der Waals surface area (Å²) in [6.07, 6.45) is 7.20. The van der Waals surface area contributed by atoms with E-state index in [2.05, 4.69) is 15.2 Å². The summed E-state index contributed by atoms with van der Waals surface area (Å²) >= 11 is 13.0. The Labute approximate surface area is 249 Å². The Bertz CT molecular complexity index is 1560. The number of imidazole rings is 1. The zero-order chi connectivity index (χ0) is 29.3. The van der Waals surface area contributed by atoms with Crippen molar-refractivity contribution in [2.45, 2.75) is 56.3 Å². The molecule has 218 valence electrons. The predicted octanol–water partition coefficient (Wildman–Crippen LogP) is 4.12. The van der Waals surface area contributed by atoms with Crippen molar-refractivity contribution in [3.05, 3.63) is 87.4 Å². The maximum absolute atomic E-state index is 14.3. The monoisotopic (exact) mass is 619 g/mol. The first kappa shape index (κ1) is 29.5. The second-order valence-corrected chi connectivity index (χ2v) is 13.1. The number of carbonyl (C=O) groups is 2. The molecule has 0 radical (unpaired) electrons. The lowest BCUT2D eigenvalue weighted by atomic mass is 9.76. The number of halogens is 2. The second-order valence-electron chi connectivity index (χ2n) is 10.4. The summed E-state index contributed by atoms with van der Waals surface area (Å²) in [4.78, 5) is 39.7. The largest absolute Gasteiger partial charge is 0.336 e. The number of hydrogen-bond acceptors (Lipinski definition) is 6. The smallest absolute Gasteiger partial charge is 0.255 e. The van der Waals surface area contributed by atoms with E-state index in [4.69, 9.17) is 28.0 Å². The van der Waals surface area contributed by atoms with Crippen molar-refractivity contribution in [2.75, 3.05) is 6.26 Å². The number of sulfonamides is 1. The lowest BCUT2D eigenvalue weighted by Crippen LogP contribution is -2.59. The molecule has 4 atom stereocenters. The minimum atomic E-state index is -3.57. The third-order valence-electron chi connectivity index (χ3n) is 7.69. The molecule has 41 heavy (non-hydrogen) atoms. The number of nitrogens with one attached hydrogen (secondary N) is 2. The van der Waals surface area contributed by atoms with E-state index >= 15 is 0 Å². The van der Waals surface area contributed by atoms with E-state index in [1.165, 1.54) is 0 Å². The van der Waals surface area contributed by atoms with Gasteiger partial charge in [-0.15, -0.1) is 0 Å². The van der Waals surface area contributed by atoms with Gasteiger partial charge in [-0.3, -0.25) is 14.4 Å². The van der Waals surface area contributed by atoms with Crippen LogP contribution in [0.4, 0.5) is 0 Å². The third kappa shape index (κ3) is 6.29. The van der Waals surface area contributed by atoms with Crippen LogP contribution in [0.15, 0.2) is 54.9 Å². The quantitative estimate of drug-likeness (QED) is 0.366. The van der Waals surface area contributed by atoms with Crippen LogP contribution in [0.2, 0.25) is 10.0 Å². The molecule has 0 spiro atoms. The summed E-state index contributed by atoms with van der Waals surface area (Å²) in [5, 5.41) is 0.691. The normalized spacial score (nSPS) is 22.8. The van der Waals surface area contributed by atoms with Crippen LogP contribution in [-0.4, -0.2) is 53.0 Å². The van der Waals surface area contributed by atoms with E-state index < -0.39 is 40.0 Å². The Balaban J connectivity index is 1.61. The summed E-state index contributed by atoms with van der Waals surface area (Å²) < 4.78 is 29.2. The van der Waals surface area contributed by atoms with Gasteiger partial charge in [0.05, 0.1) is 18.2 Å². The molecule has 1 aliphatic heterocycles. The molecule has 5 rings (SSSR count). The van der Waals surface area contributed by atoms with Crippen LogP contribution in [0, 0.1) is 0 Å². The molecule has 1 unspecified atom stereocenters. The highest BCUT2D eigenvalue weighted by Crippen LogP contribution is 2.47. The fraction of sp³-hybridized carbons (Fsp3) is 0.393. The SMILES string of the molecule is Cn1ccnc1CONC(=O)[C@@H]1c2ccccc2C(=O)N(C2CCCC[C@@H]2NS(C)(=O)=O)[C@H]1c1ccc(Cl)cc1Cl. The Morgan fingerprint density at radius 2 is 1.88 bits per heavy atom. The molecule has 1 aliphatic carbocycles. The van der Waals surface area contributed by atoms with Crippen molar-refractivity contribution < 1.29 is 22.8 Å². The van der Waals surface area contributed by atoms with Gasteiger partial charge in [-0.2, -0.15) is 0 Å². The third-order valence-corrected chi connectivity index (χ3v) is 8.98. The number of carbonyl (C=O) groups excluding carboxylic acids is 2. The van der Waals surface area contributed by atoms with Crippen LogP contribution in [-0.2, 0) is 33.3 Å². The molecular formula is C28H31Cl2N5O5S. The van der Waals surface area contributed by atoms with E-state index in [0.717, 1.165) is 19.1 Å². The minimum absolute atomic E-state index is 0.0294. The van der Waals surface area contributed by atoms with Crippen LogP contribution >= 0.6 is 23.2 Å². The summed E-state index contributed by atoms with van der Waals surface area (Å²) in [5.41, 5.74) is 3.97. The number of aromatic nitrogens is 2. The number of rotatable bonds is 8. The van der Waals surface area contributed by atoms with E-state index in [9.17, 15) is 18.0 Å². The maximum Gasteiger partial charge on any atom is 0.255 e. The summed E-state index contributed by atoms with van der Waals surface area (Å²) in [7, 11) is -1.76. The Hall–Kier alpha value is -2.96.